The van der Waals surface area contributed by atoms with E-state index in [2.05, 4.69) is 20.4 Å². The number of aromatic nitrogens is 4. The fraction of sp³-hybridized carbons (Fsp3) is 0.400. The number of hydrogen-bond acceptors (Lipinski definition) is 5. The zero-order valence-corrected chi connectivity index (χ0v) is 16.8. The third-order valence-electron chi connectivity index (χ3n) is 6.24. The summed E-state index contributed by atoms with van der Waals surface area (Å²) in [5, 5.41) is 16.0. The highest BCUT2D eigenvalue weighted by Crippen LogP contribution is 2.56. The van der Waals surface area contributed by atoms with Gasteiger partial charge in [0.25, 0.3) is 6.43 Å². The minimum atomic E-state index is -3.03. The van der Waals surface area contributed by atoms with Crippen molar-refractivity contribution in [1.29, 1.82) is 0 Å². The number of aliphatic hydroxyl groups excluding tert-OH is 1. The van der Waals surface area contributed by atoms with Crippen molar-refractivity contribution < 1.29 is 23.1 Å². The van der Waals surface area contributed by atoms with E-state index in [0.29, 0.717) is 17.6 Å². The van der Waals surface area contributed by atoms with Gasteiger partial charge < -0.3 is 10.4 Å². The van der Waals surface area contributed by atoms with Gasteiger partial charge in [-0.15, -0.1) is 5.10 Å². The number of alkyl halides is 2. The Kier molecular flexibility index (Phi) is 4.67. The van der Waals surface area contributed by atoms with Gasteiger partial charge in [-0.1, -0.05) is 18.0 Å². The highest BCUT2D eigenvalue weighted by atomic mass is 35.5. The van der Waals surface area contributed by atoms with Crippen molar-refractivity contribution in [3.05, 3.63) is 52.4 Å². The molecule has 2 aliphatic carbocycles. The lowest BCUT2D eigenvalue weighted by Gasteiger charge is -2.39. The van der Waals surface area contributed by atoms with E-state index < -0.39 is 24.4 Å². The van der Waals surface area contributed by atoms with Crippen LogP contribution in [0.2, 0.25) is 5.02 Å². The van der Waals surface area contributed by atoms with Crippen LogP contribution in [0, 0.1) is 5.95 Å². The summed E-state index contributed by atoms with van der Waals surface area (Å²) in [5.74, 6) is -1.50. The standard InChI is InChI=1S/C20H17ClF3N5O2/c21-12-4-9(7-26-15(12)16(30)18(23)24)27-19(31)10-6-20(2-1-3-20)17-11(10)8-25-14-5-13(22)28-29(14)17/h4-5,7-8,10,16,18,30H,1-3,6H2,(H,27,31)/t10-,16+/m1/s1. The highest BCUT2D eigenvalue weighted by molar-refractivity contribution is 6.31. The number of aliphatic hydroxyl groups is 1. The van der Waals surface area contributed by atoms with Crippen molar-refractivity contribution in [2.75, 3.05) is 5.32 Å². The van der Waals surface area contributed by atoms with Crippen molar-refractivity contribution in [2.45, 2.75) is 49.5 Å². The van der Waals surface area contributed by atoms with E-state index in [1.807, 2.05) is 0 Å². The molecule has 0 aliphatic heterocycles. The van der Waals surface area contributed by atoms with Gasteiger partial charge in [-0.05, 0) is 25.3 Å². The molecular formula is C20H17ClF3N5O2. The van der Waals surface area contributed by atoms with Crippen LogP contribution < -0.4 is 5.32 Å². The second kappa shape index (κ2) is 7.16. The number of nitrogens with zero attached hydrogens (tertiary/aromatic N) is 4. The van der Waals surface area contributed by atoms with Crippen molar-refractivity contribution in [3.8, 4) is 0 Å². The first-order valence-corrected chi connectivity index (χ1v) is 10.1. The predicted molar refractivity (Wildman–Crippen MR) is 105 cm³/mol. The lowest BCUT2D eigenvalue weighted by molar-refractivity contribution is -0.117. The lowest BCUT2D eigenvalue weighted by atomic mass is 9.66. The zero-order valence-electron chi connectivity index (χ0n) is 16.0. The maximum Gasteiger partial charge on any atom is 0.269 e. The van der Waals surface area contributed by atoms with Gasteiger partial charge in [-0.3, -0.25) is 9.78 Å². The Hall–Kier alpha value is -2.72. The molecule has 3 aromatic rings. The summed E-state index contributed by atoms with van der Waals surface area (Å²) in [6.45, 7) is 0. The molecule has 0 aromatic carbocycles. The van der Waals surface area contributed by atoms with E-state index >= 15 is 0 Å². The molecule has 7 nitrogen and oxygen atoms in total. The second-order valence-electron chi connectivity index (χ2n) is 8.05. The molecule has 1 spiro atoms. The van der Waals surface area contributed by atoms with Crippen LogP contribution in [0.25, 0.3) is 5.65 Å². The van der Waals surface area contributed by atoms with Gasteiger partial charge in [0.15, 0.2) is 11.8 Å². The molecule has 0 radical (unpaired) electrons. The summed E-state index contributed by atoms with van der Waals surface area (Å²) >= 11 is 5.97. The summed E-state index contributed by atoms with van der Waals surface area (Å²) in [5.41, 5.74) is 1.51. The van der Waals surface area contributed by atoms with Crippen LogP contribution in [-0.2, 0) is 10.2 Å². The zero-order chi connectivity index (χ0) is 21.9. The molecular weight excluding hydrogens is 435 g/mol. The van der Waals surface area contributed by atoms with E-state index in [-0.39, 0.29) is 27.7 Å². The van der Waals surface area contributed by atoms with Crippen LogP contribution in [0.15, 0.2) is 24.5 Å². The van der Waals surface area contributed by atoms with Crippen LogP contribution >= 0.6 is 11.6 Å². The quantitative estimate of drug-likeness (QED) is 0.630. The first kappa shape index (κ1) is 20.2. The van der Waals surface area contributed by atoms with E-state index in [1.165, 1.54) is 22.8 Å². The number of rotatable bonds is 4. The minimum Gasteiger partial charge on any atom is -0.381 e. The van der Waals surface area contributed by atoms with E-state index in [0.717, 1.165) is 25.0 Å². The molecule has 2 atom stereocenters. The first-order valence-electron chi connectivity index (χ1n) is 9.76. The Labute approximate surface area is 179 Å². The molecule has 0 unspecified atom stereocenters. The molecule has 0 saturated heterocycles. The Morgan fingerprint density at radius 2 is 2.06 bits per heavy atom. The molecule has 2 N–H and O–H groups in total. The van der Waals surface area contributed by atoms with Gasteiger partial charge in [-0.25, -0.2) is 18.3 Å². The molecule has 2 aliphatic rings. The number of amides is 1. The van der Waals surface area contributed by atoms with Crippen LogP contribution in [0.1, 0.15) is 54.7 Å². The van der Waals surface area contributed by atoms with Crippen molar-refractivity contribution in [2.24, 2.45) is 0 Å². The number of halogens is 4. The van der Waals surface area contributed by atoms with Crippen LogP contribution in [-0.4, -0.2) is 37.0 Å². The SMILES string of the molecule is O=C(Nc1cnc([C@H](O)C(F)F)c(Cl)c1)[C@@H]1CC2(CCC2)c2c1cnc1cc(F)nn21. The number of fused-ring (bicyclic) bond motifs is 4. The number of carbonyl (C=O) groups excluding carboxylic acids is 1. The van der Waals surface area contributed by atoms with Gasteiger partial charge >= 0.3 is 0 Å². The summed E-state index contributed by atoms with van der Waals surface area (Å²) in [6, 6.07) is 2.52. The average Bonchev–Trinajstić information content (AvgIpc) is 3.24. The molecule has 1 fully saturated rings. The van der Waals surface area contributed by atoms with E-state index in [4.69, 9.17) is 11.6 Å². The number of carbonyl (C=O) groups is 1. The Morgan fingerprint density at radius 3 is 2.71 bits per heavy atom. The first-order chi connectivity index (χ1) is 14.8. The minimum absolute atomic E-state index is 0.178. The molecule has 162 valence electrons. The third-order valence-corrected chi connectivity index (χ3v) is 6.54. The van der Waals surface area contributed by atoms with E-state index in [1.54, 1.807) is 6.20 Å². The smallest absolute Gasteiger partial charge is 0.269 e. The summed E-state index contributed by atoms with van der Waals surface area (Å²) in [7, 11) is 0. The van der Waals surface area contributed by atoms with Gasteiger partial charge in [-0.2, -0.15) is 4.39 Å². The lowest BCUT2D eigenvalue weighted by Crippen LogP contribution is -2.34. The summed E-state index contributed by atoms with van der Waals surface area (Å²) in [4.78, 5) is 21.1. The molecule has 5 rings (SSSR count). The maximum atomic E-state index is 13.7. The fourth-order valence-electron chi connectivity index (χ4n) is 4.66. The number of anilines is 1. The van der Waals surface area contributed by atoms with Crippen LogP contribution in [0.5, 0.6) is 0 Å². The average molecular weight is 452 g/mol. The number of hydrogen-bond donors (Lipinski definition) is 2. The Morgan fingerprint density at radius 1 is 1.29 bits per heavy atom. The molecule has 1 saturated carbocycles. The maximum absolute atomic E-state index is 13.7. The molecule has 0 bridgehead atoms. The summed E-state index contributed by atoms with van der Waals surface area (Å²) < 4.78 is 40.7. The van der Waals surface area contributed by atoms with Crippen LogP contribution in [0.3, 0.4) is 0 Å². The van der Waals surface area contributed by atoms with Gasteiger partial charge in [0.2, 0.25) is 11.9 Å². The molecule has 31 heavy (non-hydrogen) atoms. The van der Waals surface area contributed by atoms with Crippen molar-refractivity contribution in [3.63, 3.8) is 0 Å². The second-order valence-corrected chi connectivity index (χ2v) is 8.46. The van der Waals surface area contributed by atoms with Gasteiger partial charge in [0.1, 0.15) is 0 Å². The normalized spacial score (nSPS) is 20.1. The molecule has 1 amide bonds. The highest BCUT2D eigenvalue weighted by Gasteiger charge is 2.52. The van der Waals surface area contributed by atoms with Crippen molar-refractivity contribution >= 4 is 28.8 Å². The van der Waals surface area contributed by atoms with Gasteiger partial charge in [0, 0.05) is 23.2 Å². The van der Waals surface area contributed by atoms with Gasteiger partial charge in [0.05, 0.1) is 34.2 Å². The monoisotopic (exact) mass is 451 g/mol. The molecule has 3 heterocycles. The predicted octanol–water partition coefficient (Wildman–Crippen LogP) is 3.76. The number of pyridine rings is 1. The molecule has 11 heteroatoms. The largest absolute Gasteiger partial charge is 0.381 e. The number of nitrogens with one attached hydrogen (secondary N) is 1. The topological polar surface area (TPSA) is 92.4 Å². The summed E-state index contributed by atoms with van der Waals surface area (Å²) in [6.07, 6.45) is 0.918. The Bertz CT molecular complexity index is 1200. The Balaban J connectivity index is 1.45. The van der Waals surface area contributed by atoms with Crippen LogP contribution in [0.4, 0.5) is 18.9 Å². The third kappa shape index (κ3) is 3.16. The van der Waals surface area contributed by atoms with E-state index in [9.17, 15) is 23.1 Å². The molecule has 3 aromatic heterocycles. The fourth-order valence-corrected chi connectivity index (χ4v) is 4.94. The van der Waals surface area contributed by atoms with Crippen molar-refractivity contribution in [1.82, 2.24) is 19.6 Å².